The highest BCUT2D eigenvalue weighted by atomic mass is 35.5. The normalized spacial score (nSPS) is 18.7. The molecule has 6 heteroatoms. The zero-order valence-electron chi connectivity index (χ0n) is 9.45. The Kier molecular flexibility index (Phi) is 3.59. The van der Waals surface area contributed by atoms with E-state index in [1.54, 1.807) is 6.07 Å². The van der Waals surface area contributed by atoms with Crippen molar-refractivity contribution in [3.8, 4) is 0 Å². The van der Waals surface area contributed by atoms with Gasteiger partial charge >= 0.3 is 0 Å². The van der Waals surface area contributed by atoms with E-state index in [0.717, 1.165) is 32.1 Å². The SMILES string of the molecule is NC1(C(=O)Nc2ccnc(Cl)n2)CCCCC1. The molecule has 0 spiro atoms. The van der Waals surface area contributed by atoms with Crippen molar-refractivity contribution in [1.82, 2.24) is 9.97 Å². The number of hydrogen-bond acceptors (Lipinski definition) is 4. The Labute approximate surface area is 105 Å². The summed E-state index contributed by atoms with van der Waals surface area (Å²) in [6.07, 6.45) is 6.07. The highest BCUT2D eigenvalue weighted by Crippen LogP contribution is 2.26. The first-order chi connectivity index (χ1) is 8.10. The third-order valence-corrected chi connectivity index (χ3v) is 3.25. The molecule has 1 aromatic rings. The van der Waals surface area contributed by atoms with Crippen LogP contribution in [0.25, 0.3) is 0 Å². The van der Waals surface area contributed by atoms with Crippen LogP contribution >= 0.6 is 11.6 Å². The summed E-state index contributed by atoms with van der Waals surface area (Å²) in [5.41, 5.74) is 5.33. The van der Waals surface area contributed by atoms with Crippen LogP contribution in [-0.4, -0.2) is 21.4 Å². The van der Waals surface area contributed by atoms with E-state index in [1.165, 1.54) is 6.20 Å². The fourth-order valence-electron chi connectivity index (χ4n) is 2.06. The second kappa shape index (κ2) is 4.98. The Balaban J connectivity index is 2.05. The summed E-state index contributed by atoms with van der Waals surface area (Å²) >= 11 is 5.64. The molecule has 5 nitrogen and oxygen atoms in total. The lowest BCUT2D eigenvalue weighted by Gasteiger charge is -2.31. The van der Waals surface area contributed by atoms with Crippen molar-refractivity contribution in [2.75, 3.05) is 5.32 Å². The highest BCUT2D eigenvalue weighted by Gasteiger charge is 2.35. The molecule has 1 heterocycles. The van der Waals surface area contributed by atoms with Gasteiger partial charge in [-0.25, -0.2) is 9.97 Å². The molecule has 0 aromatic carbocycles. The van der Waals surface area contributed by atoms with E-state index in [-0.39, 0.29) is 11.2 Å². The van der Waals surface area contributed by atoms with Gasteiger partial charge in [0, 0.05) is 6.20 Å². The van der Waals surface area contributed by atoms with Crippen molar-refractivity contribution in [3.05, 3.63) is 17.5 Å². The molecular formula is C11H15ClN4O. The second-order valence-corrected chi connectivity index (χ2v) is 4.72. The number of carbonyl (C=O) groups is 1. The van der Waals surface area contributed by atoms with Gasteiger partial charge in [0.05, 0.1) is 5.54 Å². The van der Waals surface area contributed by atoms with Gasteiger partial charge in [-0.2, -0.15) is 0 Å². The first-order valence-electron chi connectivity index (χ1n) is 5.69. The number of hydrogen-bond donors (Lipinski definition) is 2. The first-order valence-corrected chi connectivity index (χ1v) is 6.07. The van der Waals surface area contributed by atoms with Gasteiger partial charge in [0.15, 0.2) is 0 Å². The van der Waals surface area contributed by atoms with Gasteiger partial charge in [-0.05, 0) is 30.5 Å². The highest BCUT2D eigenvalue weighted by molar-refractivity contribution is 6.28. The van der Waals surface area contributed by atoms with Crippen molar-refractivity contribution < 1.29 is 4.79 Å². The summed E-state index contributed by atoms with van der Waals surface area (Å²) in [4.78, 5) is 19.7. The minimum atomic E-state index is -0.768. The van der Waals surface area contributed by atoms with Gasteiger partial charge in [0.1, 0.15) is 5.82 Å². The summed E-state index contributed by atoms with van der Waals surface area (Å²) in [6.45, 7) is 0. The molecular weight excluding hydrogens is 240 g/mol. The smallest absolute Gasteiger partial charge is 0.245 e. The van der Waals surface area contributed by atoms with Crippen LogP contribution in [0.3, 0.4) is 0 Å². The van der Waals surface area contributed by atoms with Crippen LogP contribution in [0.15, 0.2) is 12.3 Å². The lowest BCUT2D eigenvalue weighted by Crippen LogP contribution is -2.52. The van der Waals surface area contributed by atoms with Crippen LogP contribution in [-0.2, 0) is 4.79 Å². The maximum atomic E-state index is 12.1. The van der Waals surface area contributed by atoms with Crippen molar-refractivity contribution >= 4 is 23.3 Å². The minimum Gasteiger partial charge on any atom is -0.317 e. The summed E-state index contributed by atoms with van der Waals surface area (Å²) in [7, 11) is 0. The van der Waals surface area contributed by atoms with Crippen LogP contribution < -0.4 is 11.1 Å². The van der Waals surface area contributed by atoms with Crippen molar-refractivity contribution in [2.45, 2.75) is 37.6 Å². The van der Waals surface area contributed by atoms with E-state index >= 15 is 0 Å². The second-order valence-electron chi connectivity index (χ2n) is 4.38. The number of aromatic nitrogens is 2. The predicted molar refractivity (Wildman–Crippen MR) is 65.7 cm³/mol. The van der Waals surface area contributed by atoms with Gasteiger partial charge < -0.3 is 11.1 Å². The zero-order valence-corrected chi connectivity index (χ0v) is 10.2. The fourth-order valence-corrected chi connectivity index (χ4v) is 2.20. The summed E-state index contributed by atoms with van der Waals surface area (Å²) in [5.74, 6) is 0.206. The van der Waals surface area contributed by atoms with E-state index in [4.69, 9.17) is 17.3 Å². The van der Waals surface area contributed by atoms with E-state index in [1.807, 2.05) is 0 Å². The Morgan fingerprint density at radius 2 is 2.12 bits per heavy atom. The molecule has 2 rings (SSSR count). The molecule has 1 fully saturated rings. The molecule has 1 aliphatic rings. The molecule has 0 unspecified atom stereocenters. The van der Waals surface area contributed by atoms with Gasteiger partial charge in [-0.15, -0.1) is 0 Å². The number of anilines is 1. The van der Waals surface area contributed by atoms with Crippen LogP contribution in [0, 0.1) is 0 Å². The van der Waals surface area contributed by atoms with Crippen LogP contribution in [0.4, 0.5) is 5.82 Å². The molecule has 3 N–H and O–H groups in total. The van der Waals surface area contributed by atoms with Gasteiger partial charge in [0.25, 0.3) is 0 Å². The van der Waals surface area contributed by atoms with E-state index in [9.17, 15) is 4.79 Å². The first kappa shape index (κ1) is 12.3. The number of nitrogens with one attached hydrogen (secondary N) is 1. The van der Waals surface area contributed by atoms with Gasteiger partial charge in [-0.3, -0.25) is 4.79 Å². The van der Waals surface area contributed by atoms with Gasteiger partial charge in [-0.1, -0.05) is 19.3 Å². The third kappa shape index (κ3) is 2.92. The molecule has 0 bridgehead atoms. The molecule has 0 saturated heterocycles. The molecule has 1 aliphatic carbocycles. The van der Waals surface area contributed by atoms with E-state index in [2.05, 4.69) is 15.3 Å². The average Bonchev–Trinajstić information content (AvgIpc) is 2.30. The van der Waals surface area contributed by atoms with Crippen molar-refractivity contribution in [2.24, 2.45) is 5.73 Å². The molecule has 1 saturated carbocycles. The topological polar surface area (TPSA) is 80.9 Å². The van der Waals surface area contributed by atoms with E-state index < -0.39 is 5.54 Å². The Bertz CT molecular complexity index is 418. The largest absolute Gasteiger partial charge is 0.317 e. The maximum Gasteiger partial charge on any atom is 0.245 e. The standard InChI is InChI=1S/C11H15ClN4O/c12-10-14-7-4-8(16-10)15-9(17)11(13)5-2-1-3-6-11/h4,7H,1-3,5-6,13H2,(H,14,15,16,17). The number of nitrogens with zero attached hydrogens (tertiary/aromatic N) is 2. The number of carbonyl (C=O) groups excluding carboxylic acids is 1. The van der Waals surface area contributed by atoms with Crippen LogP contribution in [0.2, 0.25) is 5.28 Å². The number of amides is 1. The van der Waals surface area contributed by atoms with E-state index in [0.29, 0.717) is 5.82 Å². The van der Waals surface area contributed by atoms with Crippen LogP contribution in [0.5, 0.6) is 0 Å². The fraction of sp³-hybridized carbons (Fsp3) is 0.545. The number of halogens is 1. The molecule has 1 aromatic heterocycles. The summed E-state index contributed by atoms with van der Waals surface area (Å²) < 4.78 is 0. The number of nitrogens with two attached hydrogens (primary N) is 1. The van der Waals surface area contributed by atoms with Crippen LogP contribution in [0.1, 0.15) is 32.1 Å². The summed E-state index contributed by atoms with van der Waals surface area (Å²) in [5, 5.41) is 2.80. The Morgan fingerprint density at radius 3 is 2.76 bits per heavy atom. The molecule has 1 amide bonds. The van der Waals surface area contributed by atoms with Crippen molar-refractivity contribution in [3.63, 3.8) is 0 Å². The molecule has 0 radical (unpaired) electrons. The predicted octanol–water partition coefficient (Wildman–Crippen LogP) is 1.73. The molecule has 0 atom stereocenters. The number of rotatable bonds is 2. The molecule has 17 heavy (non-hydrogen) atoms. The lowest BCUT2D eigenvalue weighted by molar-refractivity contribution is -0.122. The monoisotopic (exact) mass is 254 g/mol. The Morgan fingerprint density at radius 1 is 1.41 bits per heavy atom. The van der Waals surface area contributed by atoms with Crippen molar-refractivity contribution in [1.29, 1.82) is 0 Å². The quantitative estimate of drug-likeness (QED) is 0.788. The maximum absolute atomic E-state index is 12.1. The Hall–Kier alpha value is -1.20. The summed E-state index contributed by atoms with van der Waals surface area (Å²) in [6, 6.07) is 1.59. The lowest BCUT2D eigenvalue weighted by atomic mass is 9.82. The molecule has 0 aliphatic heterocycles. The average molecular weight is 255 g/mol. The third-order valence-electron chi connectivity index (χ3n) is 3.07. The zero-order chi connectivity index (χ0) is 12.3. The van der Waals surface area contributed by atoms with Gasteiger partial charge in [0.2, 0.25) is 11.2 Å². The molecule has 92 valence electrons. The minimum absolute atomic E-state index is 0.109.